The summed E-state index contributed by atoms with van der Waals surface area (Å²) in [5, 5.41) is 0. The molecule has 0 fully saturated rings. The molecule has 0 aliphatic heterocycles. The molecule has 1 unspecified atom stereocenters. The molecule has 0 aromatic heterocycles. The maximum Gasteiger partial charge on any atom is 0.123 e. The fourth-order valence-electron chi connectivity index (χ4n) is 2.38. The molecule has 108 valence electrons. The lowest BCUT2D eigenvalue weighted by Gasteiger charge is -2.30. The summed E-state index contributed by atoms with van der Waals surface area (Å²) in [5.74, 6) is -0.214. The van der Waals surface area contributed by atoms with Crippen LogP contribution in [0.2, 0.25) is 0 Å². The molecule has 0 spiro atoms. The highest BCUT2D eigenvalue weighted by atomic mass is 19.1. The summed E-state index contributed by atoms with van der Waals surface area (Å²) >= 11 is 0. The van der Waals surface area contributed by atoms with Gasteiger partial charge in [-0.2, -0.15) is 0 Å². The lowest BCUT2D eigenvalue weighted by atomic mass is 10.1. The topological polar surface area (TPSA) is 32.5 Å². The van der Waals surface area contributed by atoms with Gasteiger partial charge in [0, 0.05) is 25.7 Å². The van der Waals surface area contributed by atoms with Gasteiger partial charge in [-0.1, -0.05) is 13.0 Å². The van der Waals surface area contributed by atoms with Crippen molar-refractivity contribution in [3.63, 3.8) is 0 Å². The zero-order chi connectivity index (χ0) is 14.4. The quantitative estimate of drug-likeness (QED) is 0.821. The van der Waals surface area contributed by atoms with Gasteiger partial charge in [-0.25, -0.2) is 4.39 Å². The first-order valence-electron chi connectivity index (χ1n) is 6.84. The maximum absolute atomic E-state index is 13.2. The molecular weight excluding hydrogens is 241 g/mol. The zero-order valence-electron chi connectivity index (χ0n) is 12.5. The van der Waals surface area contributed by atoms with Gasteiger partial charge in [0.15, 0.2) is 0 Å². The highest BCUT2D eigenvalue weighted by Crippen LogP contribution is 2.15. The van der Waals surface area contributed by atoms with E-state index in [2.05, 4.69) is 37.7 Å². The summed E-state index contributed by atoms with van der Waals surface area (Å²) in [4.78, 5) is 4.56. The first kappa shape index (κ1) is 16.1. The van der Waals surface area contributed by atoms with Crippen molar-refractivity contribution in [3.05, 3.63) is 35.1 Å². The molecule has 0 saturated carbocycles. The SMILES string of the molecule is CCN(Cc1ccc(F)cc1CN)C(C)CN(C)C. The molecule has 0 amide bonds. The molecule has 0 aliphatic carbocycles. The van der Waals surface area contributed by atoms with Crippen LogP contribution in [0.5, 0.6) is 0 Å². The summed E-state index contributed by atoms with van der Waals surface area (Å²) in [7, 11) is 4.15. The van der Waals surface area contributed by atoms with E-state index >= 15 is 0 Å². The van der Waals surface area contributed by atoms with Crippen LogP contribution >= 0.6 is 0 Å². The molecule has 0 aliphatic rings. The summed E-state index contributed by atoms with van der Waals surface area (Å²) in [6, 6.07) is 5.36. The summed E-state index contributed by atoms with van der Waals surface area (Å²) < 4.78 is 13.2. The van der Waals surface area contributed by atoms with Crippen molar-refractivity contribution >= 4 is 0 Å². The van der Waals surface area contributed by atoms with E-state index in [0.29, 0.717) is 12.6 Å². The van der Waals surface area contributed by atoms with E-state index in [1.165, 1.54) is 6.07 Å². The van der Waals surface area contributed by atoms with Gasteiger partial charge in [0.2, 0.25) is 0 Å². The van der Waals surface area contributed by atoms with Crippen molar-refractivity contribution in [2.75, 3.05) is 27.2 Å². The average Bonchev–Trinajstić information content (AvgIpc) is 2.36. The van der Waals surface area contributed by atoms with Gasteiger partial charge in [0.1, 0.15) is 5.82 Å². The van der Waals surface area contributed by atoms with Crippen molar-refractivity contribution < 1.29 is 4.39 Å². The lowest BCUT2D eigenvalue weighted by Crippen LogP contribution is -2.39. The van der Waals surface area contributed by atoms with Crippen LogP contribution in [0, 0.1) is 5.82 Å². The number of rotatable bonds is 7. The first-order valence-corrected chi connectivity index (χ1v) is 6.84. The summed E-state index contributed by atoms with van der Waals surface area (Å²) in [6.45, 7) is 7.54. The Morgan fingerprint density at radius 3 is 2.47 bits per heavy atom. The number of nitrogens with zero attached hydrogens (tertiary/aromatic N) is 2. The van der Waals surface area contributed by atoms with Gasteiger partial charge in [-0.3, -0.25) is 4.90 Å². The number of nitrogens with two attached hydrogens (primary N) is 1. The van der Waals surface area contributed by atoms with E-state index in [4.69, 9.17) is 5.73 Å². The minimum absolute atomic E-state index is 0.214. The largest absolute Gasteiger partial charge is 0.326 e. The molecular formula is C15H26FN3. The second kappa shape index (κ2) is 7.58. The van der Waals surface area contributed by atoms with Crippen LogP contribution in [-0.2, 0) is 13.1 Å². The van der Waals surface area contributed by atoms with Crippen LogP contribution in [0.15, 0.2) is 18.2 Å². The minimum Gasteiger partial charge on any atom is -0.326 e. The predicted octanol–water partition coefficient (Wildman–Crippen LogP) is 2.06. The predicted molar refractivity (Wildman–Crippen MR) is 78.4 cm³/mol. The molecule has 1 atom stereocenters. The van der Waals surface area contributed by atoms with Gasteiger partial charge < -0.3 is 10.6 Å². The molecule has 4 heteroatoms. The maximum atomic E-state index is 13.2. The molecule has 1 rings (SSSR count). The van der Waals surface area contributed by atoms with Crippen LogP contribution in [-0.4, -0.2) is 43.0 Å². The minimum atomic E-state index is -0.214. The Labute approximate surface area is 116 Å². The number of likely N-dealkylation sites (N-methyl/N-ethyl adjacent to an activating group) is 2. The summed E-state index contributed by atoms with van der Waals surface area (Å²) in [5.41, 5.74) is 7.72. The van der Waals surface area contributed by atoms with Gasteiger partial charge in [-0.05, 0) is 50.8 Å². The Bertz CT molecular complexity index is 393. The van der Waals surface area contributed by atoms with E-state index in [1.54, 1.807) is 6.07 Å². The third kappa shape index (κ3) is 4.90. The number of benzene rings is 1. The van der Waals surface area contributed by atoms with E-state index in [1.807, 2.05) is 6.07 Å². The lowest BCUT2D eigenvalue weighted by molar-refractivity contribution is 0.174. The molecule has 19 heavy (non-hydrogen) atoms. The Morgan fingerprint density at radius 1 is 1.26 bits per heavy atom. The molecule has 0 heterocycles. The zero-order valence-corrected chi connectivity index (χ0v) is 12.5. The highest BCUT2D eigenvalue weighted by Gasteiger charge is 2.15. The Hall–Kier alpha value is -0.970. The van der Waals surface area contributed by atoms with Crippen molar-refractivity contribution in [2.24, 2.45) is 5.73 Å². The molecule has 1 aromatic rings. The third-order valence-corrected chi connectivity index (χ3v) is 3.42. The fraction of sp³-hybridized carbons (Fsp3) is 0.600. The first-order chi connectivity index (χ1) is 8.97. The van der Waals surface area contributed by atoms with Gasteiger partial charge >= 0.3 is 0 Å². The van der Waals surface area contributed by atoms with Crippen molar-refractivity contribution in [2.45, 2.75) is 33.0 Å². The van der Waals surface area contributed by atoms with E-state index in [0.717, 1.165) is 30.8 Å². The summed E-state index contributed by atoms with van der Waals surface area (Å²) in [6.07, 6.45) is 0. The molecule has 0 radical (unpaired) electrons. The van der Waals surface area contributed by atoms with Gasteiger partial charge in [-0.15, -0.1) is 0 Å². The van der Waals surface area contributed by atoms with Crippen molar-refractivity contribution in [3.8, 4) is 0 Å². The van der Waals surface area contributed by atoms with E-state index < -0.39 is 0 Å². The van der Waals surface area contributed by atoms with Gasteiger partial charge in [0.25, 0.3) is 0 Å². The van der Waals surface area contributed by atoms with Crippen molar-refractivity contribution in [1.29, 1.82) is 0 Å². The highest BCUT2D eigenvalue weighted by molar-refractivity contribution is 5.27. The Balaban J connectivity index is 2.80. The molecule has 0 saturated heterocycles. The van der Waals surface area contributed by atoms with Crippen LogP contribution < -0.4 is 5.73 Å². The third-order valence-electron chi connectivity index (χ3n) is 3.42. The van der Waals surface area contributed by atoms with Gasteiger partial charge in [0.05, 0.1) is 0 Å². The van der Waals surface area contributed by atoms with E-state index in [-0.39, 0.29) is 5.82 Å². The molecule has 1 aromatic carbocycles. The monoisotopic (exact) mass is 267 g/mol. The Morgan fingerprint density at radius 2 is 1.95 bits per heavy atom. The average molecular weight is 267 g/mol. The van der Waals surface area contributed by atoms with Crippen LogP contribution in [0.1, 0.15) is 25.0 Å². The van der Waals surface area contributed by atoms with E-state index in [9.17, 15) is 4.39 Å². The molecule has 2 N–H and O–H groups in total. The number of hydrogen-bond acceptors (Lipinski definition) is 3. The standard InChI is InChI=1S/C15H26FN3/c1-5-19(12(2)10-18(3)4)11-13-6-7-15(16)8-14(13)9-17/h6-8,12H,5,9-11,17H2,1-4H3. The second-order valence-electron chi connectivity index (χ2n) is 5.29. The smallest absolute Gasteiger partial charge is 0.123 e. The number of hydrogen-bond donors (Lipinski definition) is 1. The van der Waals surface area contributed by atoms with Crippen molar-refractivity contribution in [1.82, 2.24) is 9.80 Å². The van der Waals surface area contributed by atoms with Crippen LogP contribution in [0.3, 0.4) is 0 Å². The molecule has 3 nitrogen and oxygen atoms in total. The van der Waals surface area contributed by atoms with Crippen LogP contribution in [0.4, 0.5) is 4.39 Å². The Kier molecular flexibility index (Phi) is 6.42. The van der Waals surface area contributed by atoms with Crippen LogP contribution in [0.25, 0.3) is 0 Å². The molecule has 0 bridgehead atoms. The fourth-order valence-corrected chi connectivity index (χ4v) is 2.38. The second-order valence-corrected chi connectivity index (χ2v) is 5.29. The normalized spacial score (nSPS) is 13.3. The number of halogens is 1.